The molecule has 5 nitrogen and oxygen atoms in total. The van der Waals surface area contributed by atoms with Gasteiger partial charge in [0.15, 0.2) is 0 Å². The van der Waals surface area contributed by atoms with Crippen molar-refractivity contribution in [1.82, 2.24) is 4.31 Å². The van der Waals surface area contributed by atoms with Crippen molar-refractivity contribution >= 4 is 16.0 Å². The number of esters is 1. The molecule has 7 heteroatoms. The molecule has 0 amide bonds. The number of hydrogen-bond acceptors (Lipinski definition) is 4. The van der Waals surface area contributed by atoms with E-state index < -0.39 is 27.9 Å². The summed E-state index contributed by atoms with van der Waals surface area (Å²) in [7, 11) is -3.71. The number of fused-ring (bicyclic) bond motifs is 1. The summed E-state index contributed by atoms with van der Waals surface area (Å²) in [5, 5.41) is 0. The number of ether oxygens (including phenoxy) is 1. The first-order valence-electron chi connectivity index (χ1n) is 8.43. The Balaban J connectivity index is 2.02. The van der Waals surface area contributed by atoms with Crippen LogP contribution in [0.25, 0.3) is 0 Å². The van der Waals surface area contributed by atoms with E-state index in [1.54, 1.807) is 6.92 Å². The number of halogens is 1. The third-order valence-corrected chi connectivity index (χ3v) is 6.83. The number of benzene rings is 1. The number of hydrogen-bond donors (Lipinski definition) is 0. The van der Waals surface area contributed by atoms with E-state index in [1.165, 1.54) is 16.4 Å². The SMILES string of the molecule is CCOC(=O)CC1c2cc(F)ccc2S(=O)(=O)N1C1CCCCC1. The summed E-state index contributed by atoms with van der Waals surface area (Å²) in [5.41, 5.74) is 0.369. The van der Waals surface area contributed by atoms with E-state index >= 15 is 0 Å². The van der Waals surface area contributed by atoms with Crippen LogP contribution in [0, 0.1) is 5.82 Å². The van der Waals surface area contributed by atoms with Gasteiger partial charge in [0.1, 0.15) is 5.82 Å². The second-order valence-electron chi connectivity index (χ2n) is 6.33. The minimum Gasteiger partial charge on any atom is -0.466 e. The van der Waals surface area contributed by atoms with Crippen LogP contribution >= 0.6 is 0 Å². The molecule has 0 N–H and O–H groups in total. The second-order valence-corrected chi connectivity index (χ2v) is 8.15. The van der Waals surface area contributed by atoms with Gasteiger partial charge in [-0.05, 0) is 43.5 Å². The standard InChI is InChI=1S/C17H22FNO4S/c1-2-23-17(20)11-15-14-10-12(18)8-9-16(14)24(21,22)19(15)13-6-4-3-5-7-13/h8-10,13,15H,2-7,11H2,1H3. The van der Waals surface area contributed by atoms with Gasteiger partial charge < -0.3 is 4.74 Å². The summed E-state index contributed by atoms with van der Waals surface area (Å²) in [6.07, 6.45) is 4.49. The minimum atomic E-state index is -3.71. The Morgan fingerprint density at radius 2 is 2.00 bits per heavy atom. The van der Waals surface area contributed by atoms with Gasteiger partial charge in [-0.25, -0.2) is 12.8 Å². The summed E-state index contributed by atoms with van der Waals surface area (Å²) >= 11 is 0. The predicted molar refractivity (Wildman–Crippen MR) is 86.3 cm³/mol. The highest BCUT2D eigenvalue weighted by Gasteiger charge is 2.47. The molecule has 0 saturated heterocycles. The van der Waals surface area contributed by atoms with Crippen LogP contribution in [0.4, 0.5) is 4.39 Å². The normalized spacial score (nSPS) is 23.8. The van der Waals surface area contributed by atoms with Crippen LogP contribution in [0.15, 0.2) is 23.1 Å². The van der Waals surface area contributed by atoms with E-state index in [2.05, 4.69) is 0 Å². The number of rotatable bonds is 4. The molecule has 1 aliphatic heterocycles. The van der Waals surface area contributed by atoms with E-state index in [0.29, 0.717) is 5.56 Å². The molecule has 0 spiro atoms. The first-order valence-corrected chi connectivity index (χ1v) is 9.87. The molecule has 3 rings (SSSR count). The summed E-state index contributed by atoms with van der Waals surface area (Å²) in [4.78, 5) is 12.1. The Morgan fingerprint density at radius 1 is 1.29 bits per heavy atom. The lowest BCUT2D eigenvalue weighted by Gasteiger charge is -2.33. The van der Waals surface area contributed by atoms with Crippen molar-refractivity contribution in [3.63, 3.8) is 0 Å². The molecular weight excluding hydrogens is 333 g/mol. The van der Waals surface area contributed by atoms with Crippen LogP contribution in [-0.4, -0.2) is 31.3 Å². The van der Waals surface area contributed by atoms with Crippen molar-refractivity contribution in [3.8, 4) is 0 Å². The molecule has 1 aromatic rings. The fourth-order valence-electron chi connectivity index (χ4n) is 3.80. The van der Waals surface area contributed by atoms with Gasteiger partial charge in [-0.15, -0.1) is 0 Å². The predicted octanol–water partition coefficient (Wildman–Crippen LogP) is 3.16. The Labute approximate surface area is 141 Å². The average Bonchev–Trinajstić information content (AvgIpc) is 2.75. The zero-order valence-electron chi connectivity index (χ0n) is 13.7. The second kappa shape index (κ2) is 6.80. The number of carbonyl (C=O) groups excluding carboxylic acids is 1. The molecule has 24 heavy (non-hydrogen) atoms. The highest BCUT2D eigenvalue weighted by molar-refractivity contribution is 7.89. The molecule has 2 aliphatic rings. The topological polar surface area (TPSA) is 63.7 Å². The van der Waals surface area contributed by atoms with Crippen LogP contribution in [-0.2, 0) is 19.6 Å². The van der Waals surface area contributed by atoms with Gasteiger partial charge in [-0.1, -0.05) is 19.3 Å². The first kappa shape index (κ1) is 17.4. The van der Waals surface area contributed by atoms with E-state index in [4.69, 9.17) is 4.74 Å². The van der Waals surface area contributed by atoms with Crippen LogP contribution in [0.5, 0.6) is 0 Å². The fourth-order valence-corrected chi connectivity index (χ4v) is 5.88. The molecular formula is C17H22FNO4S. The van der Waals surface area contributed by atoms with Gasteiger partial charge in [-0.3, -0.25) is 4.79 Å². The van der Waals surface area contributed by atoms with Crippen molar-refractivity contribution < 1.29 is 22.3 Å². The van der Waals surface area contributed by atoms with Crippen LogP contribution < -0.4 is 0 Å². The number of nitrogens with zero attached hydrogens (tertiary/aromatic N) is 1. The molecule has 132 valence electrons. The zero-order valence-corrected chi connectivity index (χ0v) is 14.5. The lowest BCUT2D eigenvalue weighted by Crippen LogP contribution is -2.40. The van der Waals surface area contributed by atoms with Gasteiger partial charge in [0.05, 0.1) is 24.0 Å². The first-order chi connectivity index (χ1) is 11.4. The Kier molecular flexibility index (Phi) is 4.92. The molecule has 1 unspecified atom stereocenters. The van der Waals surface area contributed by atoms with Crippen LogP contribution in [0.2, 0.25) is 0 Å². The Hall–Kier alpha value is -1.47. The average molecular weight is 355 g/mol. The van der Waals surface area contributed by atoms with Gasteiger partial charge in [0.2, 0.25) is 10.0 Å². The molecule has 1 aliphatic carbocycles. The van der Waals surface area contributed by atoms with Crippen molar-refractivity contribution in [2.24, 2.45) is 0 Å². The monoisotopic (exact) mass is 355 g/mol. The number of carbonyl (C=O) groups is 1. The Bertz CT molecular complexity index is 728. The van der Waals surface area contributed by atoms with Gasteiger partial charge in [0, 0.05) is 6.04 Å². The van der Waals surface area contributed by atoms with Crippen molar-refractivity contribution in [3.05, 3.63) is 29.6 Å². The van der Waals surface area contributed by atoms with E-state index in [9.17, 15) is 17.6 Å². The lowest BCUT2D eigenvalue weighted by atomic mass is 9.93. The fraction of sp³-hybridized carbons (Fsp3) is 0.588. The summed E-state index contributed by atoms with van der Waals surface area (Å²) in [6, 6.07) is 2.88. The highest BCUT2D eigenvalue weighted by Crippen LogP contribution is 2.45. The molecule has 1 atom stereocenters. The van der Waals surface area contributed by atoms with Gasteiger partial charge >= 0.3 is 5.97 Å². The van der Waals surface area contributed by atoms with E-state index in [0.717, 1.165) is 38.2 Å². The van der Waals surface area contributed by atoms with Crippen molar-refractivity contribution in [2.75, 3.05) is 6.61 Å². The molecule has 1 aromatic carbocycles. The molecule has 1 heterocycles. The zero-order chi connectivity index (χ0) is 17.3. The Morgan fingerprint density at radius 3 is 2.67 bits per heavy atom. The third-order valence-electron chi connectivity index (χ3n) is 4.79. The molecule has 0 radical (unpaired) electrons. The van der Waals surface area contributed by atoms with Crippen molar-refractivity contribution in [1.29, 1.82) is 0 Å². The molecule has 0 bridgehead atoms. The minimum absolute atomic E-state index is 0.0833. The number of sulfonamides is 1. The van der Waals surface area contributed by atoms with Crippen LogP contribution in [0.3, 0.4) is 0 Å². The maximum atomic E-state index is 13.7. The largest absolute Gasteiger partial charge is 0.466 e. The molecule has 0 aromatic heterocycles. The quantitative estimate of drug-likeness (QED) is 0.778. The highest BCUT2D eigenvalue weighted by atomic mass is 32.2. The molecule has 1 saturated carbocycles. The van der Waals surface area contributed by atoms with Gasteiger partial charge in [-0.2, -0.15) is 4.31 Å². The summed E-state index contributed by atoms with van der Waals surface area (Å²) in [5.74, 6) is -0.959. The lowest BCUT2D eigenvalue weighted by molar-refractivity contribution is -0.144. The van der Waals surface area contributed by atoms with E-state index in [1.807, 2.05) is 0 Å². The summed E-state index contributed by atoms with van der Waals surface area (Å²) < 4.78 is 46.1. The van der Waals surface area contributed by atoms with Crippen LogP contribution in [0.1, 0.15) is 57.1 Å². The van der Waals surface area contributed by atoms with E-state index in [-0.39, 0.29) is 24.0 Å². The van der Waals surface area contributed by atoms with Crippen molar-refractivity contribution in [2.45, 2.75) is 62.4 Å². The summed E-state index contributed by atoms with van der Waals surface area (Å²) in [6.45, 7) is 1.94. The smallest absolute Gasteiger partial charge is 0.307 e. The molecule has 1 fully saturated rings. The maximum absolute atomic E-state index is 13.7. The third kappa shape index (κ3) is 3.07. The maximum Gasteiger partial charge on any atom is 0.307 e. The van der Waals surface area contributed by atoms with Gasteiger partial charge in [0.25, 0.3) is 0 Å².